The fourth-order valence-corrected chi connectivity index (χ4v) is 12.8. The summed E-state index contributed by atoms with van der Waals surface area (Å²) in [5, 5.41) is 51.3. The predicted octanol–water partition coefficient (Wildman–Crippen LogP) is 11.5. The van der Waals surface area contributed by atoms with Gasteiger partial charge >= 0.3 is 32.4 Å². The Hall–Kier alpha value is -9.12. The molecule has 97 heavy (non-hydrogen) atoms. The first-order valence-corrected chi connectivity index (χ1v) is 33.7. The molecule has 4 atom stereocenters. The number of carbonyl (C=O) groups excluding carboxylic acids is 3. The summed E-state index contributed by atoms with van der Waals surface area (Å²) in [6.45, 7) is 12.4. The summed E-state index contributed by atoms with van der Waals surface area (Å²) in [6, 6.07) is 37.5. The standard InChI is InChI=1S/C37H43F2N3O7S.C33H35F2N3O7S.B/c1-23(2)34-33(36(46)41-50(47,48)40-28-9-7-6-8-10-28)32(24-11-15-26(38)16-12-24)35(25-13-17-27(39)18-14-25)42(34)20-19-29(43)21-30(44)22-31(45)49-37(3,4)5;1-20(2)31-30(33(43)37-46(44,45)36-25-6-4-3-5-7-25)29(21-8-12-23(34)13-9-21)32(22-10-14-24(35)15-11-22)38(31)17-16-26(39)18-27(40)19-28(41)42;/h6-18,23,29-30,40,43-44H,19-22H2,1-5H3,(H,41,46);3-15,20,26-27,36,39-40H,16-19H2,1-2H3,(H,37,43)(H,41,42);/t29-,30-;26-,27-;/m11./s1. The summed E-state index contributed by atoms with van der Waals surface area (Å²) < 4.78 is 127. The highest BCUT2D eigenvalue weighted by Gasteiger charge is 2.35. The lowest BCUT2D eigenvalue weighted by Gasteiger charge is -2.22. The van der Waals surface area contributed by atoms with E-state index in [0.29, 0.717) is 45.0 Å². The molecule has 8 aromatic rings. The molecule has 0 saturated carbocycles. The van der Waals surface area contributed by atoms with Crippen LogP contribution >= 0.6 is 0 Å². The lowest BCUT2D eigenvalue weighted by Crippen LogP contribution is -2.36. The summed E-state index contributed by atoms with van der Waals surface area (Å²) >= 11 is 0. The summed E-state index contributed by atoms with van der Waals surface area (Å²) in [7, 11) is -8.88. The molecule has 2 amide bonds. The van der Waals surface area contributed by atoms with Gasteiger partial charge in [-0.15, -0.1) is 0 Å². The third-order valence-electron chi connectivity index (χ3n) is 14.9. The van der Waals surface area contributed by atoms with Crippen molar-refractivity contribution < 1.29 is 83.8 Å². The van der Waals surface area contributed by atoms with Crippen LogP contribution in [0, 0.1) is 23.3 Å². The van der Waals surface area contributed by atoms with Gasteiger partial charge in [0.1, 0.15) is 28.9 Å². The van der Waals surface area contributed by atoms with Crippen molar-refractivity contribution >= 4 is 64.0 Å². The molecule has 0 aliphatic heterocycles. The number of anilines is 2. The number of carboxylic acids is 1. The van der Waals surface area contributed by atoms with Gasteiger partial charge in [-0.2, -0.15) is 16.8 Å². The van der Waals surface area contributed by atoms with Crippen LogP contribution in [0.2, 0.25) is 0 Å². The number of halogens is 4. The minimum atomic E-state index is -4.44. The van der Waals surface area contributed by atoms with Gasteiger partial charge in [-0.25, -0.2) is 27.0 Å². The number of rotatable bonds is 28. The van der Waals surface area contributed by atoms with Crippen molar-refractivity contribution in [2.75, 3.05) is 9.44 Å². The third-order valence-corrected chi connectivity index (χ3v) is 16.8. The molecule has 0 aliphatic carbocycles. The molecule has 2 aromatic heterocycles. The largest absolute Gasteiger partial charge is 0.481 e. The molecule has 0 unspecified atom stereocenters. The fourth-order valence-electron chi connectivity index (χ4n) is 11.1. The maximum Gasteiger partial charge on any atom is 0.323 e. The number of amides is 2. The van der Waals surface area contributed by atoms with Gasteiger partial charge in [-0.05, 0) is 178 Å². The molecule has 0 fully saturated rings. The molecule has 27 heteroatoms. The monoisotopic (exact) mass is 1380 g/mol. The number of hydrogen-bond acceptors (Lipinski definition) is 13. The van der Waals surface area contributed by atoms with Crippen molar-refractivity contribution in [2.45, 2.75) is 142 Å². The number of carboxylic acid groups (broad SMARTS) is 1. The zero-order chi connectivity index (χ0) is 70.4. The smallest absolute Gasteiger partial charge is 0.323 e. The van der Waals surface area contributed by atoms with Gasteiger partial charge < -0.3 is 39.4 Å². The predicted molar refractivity (Wildman–Crippen MR) is 362 cm³/mol. The Labute approximate surface area is 563 Å². The Balaban J connectivity index is 0.000000304. The second-order valence-corrected chi connectivity index (χ2v) is 27.3. The average molecular weight is 1380 g/mol. The molecule has 20 nitrogen and oxygen atoms in total. The normalized spacial score (nSPS) is 12.9. The van der Waals surface area contributed by atoms with Crippen LogP contribution in [0.15, 0.2) is 158 Å². The van der Waals surface area contributed by atoms with E-state index in [0.717, 1.165) is 0 Å². The number of aromatic nitrogens is 2. The zero-order valence-electron chi connectivity index (χ0n) is 54.3. The number of para-hydroxylation sites is 2. The van der Waals surface area contributed by atoms with E-state index in [1.165, 1.54) is 121 Å². The van der Waals surface area contributed by atoms with Crippen LogP contribution in [0.1, 0.15) is 131 Å². The minimum Gasteiger partial charge on any atom is -0.481 e. The summed E-state index contributed by atoms with van der Waals surface area (Å²) in [6.07, 6.45) is -5.91. The quantitative estimate of drug-likeness (QED) is 0.0125. The highest BCUT2D eigenvalue weighted by molar-refractivity contribution is 7.91. The second-order valence-electron chi connectivity index (χ2n) is 24.5. The van der Waals surface area contributed by atoms with Crippen LogP contribution in [0.4, 0.5) is 28.9 Å². The van der Waals surface area contributed by atoms with Crippen molar-refractivity contribution in [1.29, 1.82) is 0 Å². The maximum atomic E-state index is 14.2. The Morgan fingerprint density at radius 1 is 0.474 bits per heavy atom. The molecular weight excluding hydrogens is 1300 g/mol. The van der Waals surface area contributed by atoms with Crippen molar-refractivity contribution in [3.63, 3.8) is 0 Å². The van der Waals surface area contributed by atoms with E-state index in [4.69, 9.17) is 9.84 Å². The van der Waals surface area contributed by atoms with Crippen LogP contribution in [-0.2, 0) is 47.8 Å². The summed E-state index contributed by atoms with van der Waals surface area (Å²) in [4.78, 5) is 51.5. The molecule has 9 N–H and O–H groups in total. The van der Waals surface area contributed by atoms with Crippen LogP contribution < -0.4 is 18.9 Å². The highest BCUT2D eigenvalue weighted by Crippen LogP contribution is 2.45. The fraction of sp³-hybridized carbons (Fsp3) is 0.314. The molecular formula is C70H78BF4N6O14S2. The molecule has 0 spiro atoms. The van der Waals surface area contributed by atoms with Gasteiger partial charge in [-0.3, -0.25) is 28.6 Å². The summed E-state index contributed by atoms with van der Waals surface area (Å²) in [5.74, 6) is -6.69. The molecule has 6 aromatic carbocycles. The van der Waals surface area contributed by atoms with Gasteiger partial charge in [0.25, 0.3) is 11.8 Å². The number of carbonyl (C=O) groups is 4. The molecule has 8 rings (SSSR count). The van der Waals surface area contributed by atoms with E-state index >= 15 is 0 Å². The van der Waals surface area contributed by atoms with E-state index in [9.17, 15) is 74.0 Å². The molecule has 0 aliphatic rings. The number of aliphatic hydroxyl groups is 4. The highest BCUT2D eigenvalue weighted by atomic mass is 32.2. The molecule has 3 radical (unpaired) electrons. The van der Waals surface area contributed by atoms with Crippen molar-refractivity contribution in [3.05, 3.63) is 204 Å². The number of aliphatic hydroxyl groups excluding tert-OH is 4. The zero-order valence-corrected chi connectivity index (χ0v) is 56.0. The van der Waals surface area contributed by atoms with Crippen molar-refractivity contribution in [2.24, 2.45) is 0 Å². The molecule has 0 bridgehead atoms. The first kappa shape index (κ1) is 76.9. The van der Waals surface area contributed by atoms with Crippen LogP contribution in [0.25, 0.3) is 44.8 Å². The number of nitrogens with one attached hydrogen (secondary N) is 4. The van der Waals surface area contributed by atoms with Crippen LogP contribution in [-0.4, -0.2) is 114 Å². The average Bonchev–Trinajstić information content (AvgIpc) is 1.60. The van der Waals surface area contributed by atoms with Gasteiger partial charge in [0, 0.05) is 44.0 Å². The number of ether oxygens (including phenoxy) is 1. The van der Waals surface area contributed by atoms with E-state index in [2.05, 4.69) is 18.9 Å². The van der Waals surface area contributed by atoms with Crippen molar-refractivity contribution in [3.8, 4) is 44.8 Å². The van der Waals surface area contributed by atoms with Crippen molar-refractivity contribution in [1.82, 2.24) is 18.6 Å². The Morgan fingerprint density at radius 2 is 0.784 bits per heavy atom. The third kappa shape index (κ3) is 21.7. The Bertz CT molecular complexity index is 4220. The minimum absolute atomic E-state index is 0. The molecule has 0 saturated heterocycles. The summed E-state index contributed by atoms with van der Waals surface area (Å²) in [5.41, 5.74) is 3.43. The number of nitrogens with zero attached hydrogens (tertiary/aromatic N) is 2. The lowest BCUT2D eigenvalue weighted by atomic mass is 9.94. The Morgan fingerprint density at radius 3 is 1.08 bits per heavy atom. The lowest BCUT2D eigenvalue weighted by molar-refractivity contribution is -0.157. The van der Waals surface area contributed by atoms with Gasteiger partial charge in [0.2, 0.25) is 0 Å². The van der Waals surface area contributed by atoms with Gasteiger partial charge in [-0.1, -0.05) is 88.4 Å². The van der Waals surface area contributed by atoms with Gasteiger partial charge in [0.15, 0.2) is 0 Å². The van der Waals surface area contributed by atoms with Crippen LogP contribution in [0.5, 0.6) is 0 Å². The van der Waals surface area contributed by atoms with Crippen LogP contribution in [0.3, 0.4) is 0 Å². The number of aliphatic carboxylic acids is 1. The number of hydrogen-bond donors (Lipinski definition) is 9. The topological polar surface area (TPSA) is 305 Å². The first-order valence-electron chi connectivity index (χ1n) is 30.7. The van der Waals surface area contributed by atoms with E-state index in [-0.39, 0.29) is 87.2 Å². The Kier molecular flexibility index (Phi) is 26.7. The molecule has 515 valence electrons. The second kappa shape index (κ2) is 33.7. The SMILES string of the molecule is CC(C)c1c(C(=O)NS(=O)(=O)Nc2ccccc2)c(-c2ccc(F)cc2)c(-c2ccc(F)cc2)n1CC[C@@H](O)C[C@@H](O)CC(=O)O.CC(C)c1c(C(=O)NS(=O)(=O)Nc2ccccc2)c(-c2ccc(F)cc2)c(-c2ccc(F)cc2)n1CC[C@@H](O)C[C@@H](O)CC(=O)OC(C)(C)C.[B]. The van der Waals surface area contributed by atoms with E-state index in [1.54, 1.807) is 80.2 Å². The van der Waals surface area contributed by atoms with E-state index < -0.39 is 116 Å². The van der Waals surface area contributed by atoms with E-state index in [1.807, 2.05) is 13.8 Å². The first-order chi connectivity index (χ1) is 45.2. The molecule has 2 heterocycles. The van der Waals surface area contributed by atoms with Gasteiger partial charge in [0.05, 0.1) is 71.1 Å². The number of esters is 1. The maximum absolute atomic E-state index is 14.2. The number of benzene rings is 6.